The van der Waals surface area contributed by atoms with Crippen molar-refractivity contribution in [1.82, 2.24) is 10.3 Å². The molecule has 0 saturated heterocycles. The number of benzene rings is 1. The van der Waals surface area contributed by atoms with E-state index in [2.05, 4.69) is 55.5 Å². The average Bonchev–Trinajstić information content (AvgIpc) is 2.51. The van der Waals surface area contributed by atoms with Gasteiger partial charge in [-0.15, -0.1) is 0 Å². The summed E-state index contributed by atoms with van der Waals surface area (Å²) in [5.74, 6) is 0.703. The van der Waals surface area contributed by atoms with Gasteiger partial charge in [-0.2, -0.15) is 0 Å². The van der Waals surface area contributed by atoms with E-state index in [0.29, 0.717) is 12.0 Å². The zero-order valence-corrected chi connectivity index (χ0v) is 12.9. The van der Waals surface area contributed by atoms with E-state index in [-0.39, 0.29) is 0 Å². The Kier molecular flexibility index (Phi) is 5.54. The van der Waals surface area contributed by atoms with Crippen molar-refractivity contribution in [3.8, 4) is 0 Å². The lowest BCUT2D eigenvalue weighted by atomic mass is 9.86. The van der Waals surface area contributed by atoms with E-state index >= 15 is 0 Å². The highest BCUT2D eigenvalue weighted by molar-refractivity contribution is 5.79. The third-order valence-corrected chi connectivity index (χ3v) is 4.22. The minimum absolute atomic E-state index is 0.441. The maximum atomic E-state index is 4.40. The van der Waals surface area contributed by atoms with E-state index in [1.807, 2.05) is 12.3 Å². The molecule has 1 heterocycles. The predicted octanol–water partition coefficient (Wildman–Crippen LogP) is 4.71. The lowest BCUT2D eigenvalue weighted by molar-refractivity contribution is 0.339. The Hall–Kier alpha value is -1.41. The van der Waals surface area contributed by atoms with Crippen LogP contribution >= 0.6 is 0 Å². The second kappa shape index (κ2) is 7.39. The fourth-order valence-corrected chi connectivity index (χ4v) is 3.03. The molecule has 0 aliphatic rings. The summed E-state index contributed by atoms with van der Waals surface area (Å²) in [7, 11) is 2.08. The van der Waals surface area contributed by atoms with Gasteiger partial charge >= 0.3 is 0 Å². The third kappa shape index (κ3) is 3.37. The van der Waals surface area contributed by atoms with Crippen LogP contribution in [0.25, 0.3) is 10.9 Å². The standard InChI is InChI=1S/C18H26N2/c1-4-6-8-14(5-2)18(19-3)16-10-11-17-15(13-16)9-7-12-20-17/h7,9-14,18-19H,4-6,8H2,1-3H3. The van der Waals surface area contributed by atoms with Crippen LogP contribution in [0.5, 0.6) is 0 Å². The van der Waals surface area contributed by atoms with Gasteiger partial charge < -0.3 is 5.32 Å². The molecule has 0 bridgehead atoms. The van der Waals surface area contributed by atoms with Crippen molar-refractivity contribution in [3.05, 3.63) is 42.1 Å². The van der Waals surface area contributed by atoms with Crippen molar-refractivity contribution >= 4 is 10.9 Å². The fourth-order valence-electron chi connectivity index (χ4n) is 3.03. The SMILES string of the molecule is CCCCC(CC)C(NC)c1ccc2ncccc2c1. The van der Waals surface area contributed by atoms with E-state index in [0.717, 1.165) is 5.52 Å². The van der Waals surface area contributed by atoms with Crippen LogP contribution < -0.4 is 5.32 Å². The Morgan fingerprint density at radius 1 is 1.20 bits per heavy atom. The minimum Gasteiger partial charge on any atom is -0.313 e. The van der Waals surface area contributed by atoms with Gasteiger partial charge in [-0.3, -0.25) is 4.98 Å². The van der Waals surface area contributed by atoms with Crippen LogP contribution in [-0.4, -0.2) is 12.0 Å². The van der Waals surface area contributed by atoms with Crippen LogP contribution in [0.2, 0.25) is 0 Å². The molecule has 0 aliphatic heterocycles. The Balaban J connectivity index is 2.27. The number of rotatable bonds is 7. The number of unbranched alkanes of at least 4 members (excludes halogenated alkanes) is 1. The second-order valence-electron chi connectivity index (χ2n) is 5.53. The summed E-state index contributed by atoms with van der Waals surface area (Å²) in [4.78, 5) is 4.40. The molecule has 0 amide bonds. The molecule has 2 aromatic rings. The van der Waals surface area contributed by atoms with Crippen LogP contribution in [0.1, 0.15) is 51.1 Å². The molecule has 2 unspecified atom stereocenters. The molecule has 1 aromatic heterocycles. The molecule has 0 saturated carbocycles. The first-order chi connectivity index (χ1) is 9.80. The van der Waals surface area contributed by atoms with E-state index in [1.165, 1.54) is 36.6 Å². The van der Waals surface area contributed by atoms with Gasteiger partial charge in [0.1, 0.15) is 0 Å². The Bertz CT molecular complexity index is 536. The van der Waals surface area contributed by atoms with E-state index < -0.39 is 0 Å². The quantitative estimate of drug-likeness (QED) is 0.788. The summed E-state index contributed by atoms with van der Waals surface area (Å²) >= 11 is 0. The maximum Gasteiger partial charge on any atom is 0.0702 e. The summed E-state index contributed by atoms with van der Waals surface area (Å²) in [6, 6.07) is 11.3. The number of hydrogen-bond donors (Lipinski definition) is 1. The highest BCUT2D eigenvalue weighted by Crippen LogP contribution is 2.30. The van der Waals surface area contributed by atoms with Crippen molar-refractivity contribution < 1.29 is 0 Å². The molecule has 0 radical (unpaired) electrons. The number of pyridine rings is 1. The van der Waals surface area contributed by atoms with E-state index in [9.17, 15) is 0 Å². The zero-order valence-electron chi connectivity index (χ0n) is 12.9. The lowest BCUT2D eigenvalue weighted by Crippen LogP contribution is -2.25. The largest absolute Gasteiger partial charge is 0.313 e. The van der Waals surface area contributed by atoms with Crippen LogP contribution in [0.15, 0.2) is 36.5 Å². The molecule has 2 nitrogen and oxygen atoms in total. The Labute approximate surface area is 122 Å². The summed E-state index contributed by atoms with van der Waals surface area (Å²) in [5, 5.41) is 4.75. The summed E-state index contributed by atoms with van der Waals surface area (Å²) in [6.45, 7) is 4.57. The van der Waals surface area contributed by atoms with Gasteiger partial charge in [-0.25, -0.2) is 0 Å². The van der Waals surface area contributed by atoms with Gasteiger partial charge in [0.15, 0.2) is 0 Å². The first kappa shape index (κ1) is 15.0. The van der Waals surface area contributed by atoms with Crippen molar-refractivity contribution in [3.63, 3.8) is 0 Å². The first-order valence-corrected chi connectivity index (χ1v) is 7.82. The number of aromatic nitrogens is 1. The highest BCUT2D eigenvalue weighted by atomic mass is 14.9. The van der Waals surface area contributed by atoms with Crippen molar-refractivity contribution in [1.29, 1.82) is 0 Å². The molecule has 0 fully saturated rings. The molecular weight excluding hydrogens is 244 g/mol. The average molecular weight is 270 g/mol. The maximum absolute atomic E-state index is 4.40. The monoisotopic (exact) mass is 270 g/mol. The summed E-state index contributed by atoms with van der Waals surface area (Å²) < 4.78 is 0. The molecule has 1 N–H and O–H groups in total. The number of nitrogens with one attached hydrogen (secondary N) is 1. The fraction of sp³-hybridized carbons (Fsp3) is 0.500. The highest BCUT2D eigenvalue weighted by Gasteiger charge is 2.19. The first-order valence-electron chi connectivity index (χ1n) is 7.82. The van der Waals surface area contributed by atoms with Gasteiger partial charge in [0.25, 0.3) is 0 Å². The molecule has 2 atom stereocenters. The zero-order chi connectivity index (χ0) is 14.4. The molecule has 1 aromatic carbocycles. The normalized spacial score (nSPS) is 14.3. The third-order valence-electron chi connectivity index (χ3n) is 4.22. The van der Waals surface area contributed by atoms with Crippen molar-refractivity contribution in [2.45, 2.75) is 45.6 Å². The molecule has 0 aliphatic carbocycles. The Morgan fingerprint density at radius 3 is 2.75 bits per heavy atom. The summed E-state index contributed by atoms with van der Waals surface area (Å²) in [6.07, 6.45) is 6.95. The van der Waals surface area contributed by atoms with Gasteiger partial charge in [-0.05, 0) is 43.1 Å². The van der Waals surface area contributed by atoms with Crippen LogP contribution in [0.3, 0.4) is 0 Å². The van der Waals surface area contributed by atoms with Gasteiger partial charge in [-0.1, -0.05) is 45.2 Å². The minimum atomic E-state index is 0.441. The van der Waals surface area contributed by atoms with Gasteiger partial charge in [0.2, 0.25) is 0 Å². The van der Waals surface area contributed by atoms with Crippen molar-refractivity contribution in [2.75, 3.05) is 7.05 Å². The second-order valence-corrected chi connectivity index (χ2v) is 5.53. The van der Waals surface area contributed by atoms with Crippen LogP contribution in [0.4, 0.5) is 0 Å². The van der Waals surface area contributed by atoms with Crippen LogP contribution in [-0.2, 0) is 0 Å². The molecular formula is C18H26N2. The smallest absolute Gasteiger partial charge is 0.0702 e. The van der Waals surface area contributed by atoms with Crippen LogP contribution in [0, 0.1) is 5.92 Å². The molecule has 2 rings (SSSR count). The molecule has 0 spiro atoms. The Morgan fingerprint density at radius 2 is 2.05 bits per heavy atom. The van der Waals surface area contributed by atoms with Gasteiger partial charge in [0, 0.05) is 17.6 Å². The predicted molar refractivity (Wildman–Crippen MR) is 86.8 cm³/mol. The molecule has 2 heteroatoms. The van der Waals surface area contributed by atoms with E-state index in [1.54, 1.807) is 0 Å². The number of nitrogens with zero attached hydrogens (tertiary/aromatic N) is 1. The molecule has 20 heavy (non-hydrogen) atoms. The van der Waals surface area contributed by atoms with Gasteiger partial charge in [0.05, 0.1) is 5.52 Å². The number of fused-ring (bicyclic) bond motifs is 1. The lowest BCUT2D eigenvalue weighted by Gasteiger charge is -2.26. The summed E-state index contributed by atoms with van der Waals surface area (Å²) in [5.41, 5.74) is 2.46. The van der Waals surface area contributed by atoms with E-state index in [4.69, 9.17) is 0 Å². The number of hydrogen-bond acceptors (Lipinski definition) is 2. The van der Waals surface area contributed by atoms with Crippen molar-refractivity contribution in [2.24, 2.45) is 5.92 Å². The molecule has 108 valence electrons. The topological polar surface area (TPSA) is 24.9 Å².